The highest BCUT2D eigenvalue weighted by Gasteiger charge is 2.31. The van der Waals surface area contributed by atoms with E-state index in [1.54, 1.807) is 41.3 Å². The molecule has 2 aromatic rings. The van der Waals surface area contributed by atoms with Gasteiger partial charge in [-0.1, -0.05) is 23.2 Å². The first-order valence-corrected chi connectivity index (χ1v) is 11.2. The zero-order valence-corrected chi connectivity index (χ0v) is 20.2. The lowest BCUT2D eigenvalue weighted by Crippen LogP contribution is -2.49. The number of benzene rings is 2. The van der Waals surface area contributed by atoms with Gasteiger partial charge in [0, 0.05) is 18.3 Å². The molecule has 1 atom stereocenters. The van der Waals surface area contributed by atoms with E-state index in [2.05, 4.69) is 5.32 Å². The number of likely N-dealkylation sites (tertiary alicyclic amines) is 1. The molecular weight excluding hydrogens is 467 g/mol. The molecule has 1 aliphatic rings. The standard InChI is InChI=1S/C24H26Cl2N2O5/c1-31-20-12-15(13-21(32-2)23(20)33-3)7-10-22(29)28-11-5-4-6-19(28)24(30)27-16-8-9-17(25)18(26)14-16/h7-10,12-14,19H,4-6,11H2,1-3H3,(H,27,30)/b10-7+. The summed E-state index contributed by atoms with van der Waals surface area (Å²) >= 11 is 12.0. The average Bonchev–Trinajstić information content (AvgIpc) is 2.83. The lowest BCUT2D eigenvalue weighted by atomic mass is 10.0. The number of hydrogen-bond donors (Lipinski definition) is 1. The molecule has 1 heterocycles. The normalized spacial score (nSPS) is 15.9. The van der Waals surface area contributed by atoms with Crippen molar-refractivity contribution in [3.63, 3.8) is 0 Å². The van der Waals surface area contributed by atoms with Crippen molar-refractivity contribution in [2.45, 2.75) is 25.3 Å². The summed E-state index contributed by atoms with van der Waals surface area (Å²) in [4.78, 5) is 27.5. The van der Waals surface area contributed by atoms with Crippen molar-refractivity contribution < 1.29 is 23.8 Å². The zero-order chi connectivity index (χ0) is 24.0. The Balaban J connectivity index is 1.76. The third-order valence-corrected chi connectivity index (χ3v) is 6.12. The molecular formula is C24H26Cl2N2O5. The van der Waals surface area contributed by atoms with Gasteiger partial charge in [0.1, 0.15) is 6.04 Å². The number of methoxy groups -OCH3 is 3. The number of hydrogen-bond acceptors (Lipinski definition) is 5. The van der Waals surface area contributed by atoms with Gasteiger partial charge in [-0.05, 0) is 61.2 Å². The van der Waals surface area contributed by atoms with Gasteiger partial charge < -0.3 is 24.4 Å². The van der Waals surface area contributed by atoms with Crippen LogP contribution in [0.4, 0.5) is 5.69 Å². The van der Waals surface area contributed by atoms with Gasteiger partial charge in [0.2, 0.25) is 17.6 Å². The number of anilines is 1. The van der Waals surface area contributed by atoms with Crippen LogP contribution in [0.3, 0.4) is 0 Å². The summed E-state index contributed by atoms with van der Waals surface area (Å²) in [5, 5.41) is 3.58. The Morgan fingerprint density at radius 1 is 1.00 bits per heavy atom. The van der Waals surface area contributed by atoms with Gasteiger partial charge in [-0.3, -0.25) is 9.59 Å². The quantitative estimate of drug-likeness (QED) is 0.547. The number of carbonyl (C=O) groups is 2. The first-order valence-electron chi connectivity index (χ1n) is 10.4. The Bertz CT molecular complexity index is 1030. The number of amides is 2. The van der Waals surface area contributed by atoms with Gasteiger partial charge in [0.15, 0.2) is 11.5 Å². The summed E-state index contributed by atoms with van der Waals surface area (Å²) in [5.41, 5.74) is 1.23. The van der Waals surface area contributed by atoms with Gasteiger partial charge in [-0.2, -0.15) is 0 Å². The van der Waals surface area contributed by atoms with E-state index in [0.717, 1.165) is 12.8 Å². The molecule has 9 heteroatoms. The van der Waals surface area contributed by atoms with Gasteiger partial charge in [-0.25, -0.2) is 0 Å². The van der Waals surface area contributed by atoms with E-state index in [4.69, 9.17) is 37.4 Å². The molecule has 1 saturated heterocycles. The largest absolute Gasteiger partial charge is 0.493 e. The maximum atomic E-state index is 13.0. The van der Waals surface area contributed by atoms with E-state index in [-0.39, 0.29) is 11.8 Å². The molecule has 33 heavy (non-hydrogen) atoms. The molecule has 0 bridgehead atoms. The lowest BCUT2D eigenvalue weighted by Gasteiger charge is -2.34. The molecule has 2 amide bonds. The minimum atomic E-state index is -0.578. The molecule has 176 valence electrons. The first kappa shape index (κ1) is 24.7. The molecule has 3 rings (SSSR count). The third kappa shape index (κ3) is 5.92. The zero-order valence-electron chi connectivity index (χ0n) is 18.7. The Labute approximate surface area is 203 Å². The number of carbonyl (C=O) groups excluding carboxylic acids is 2. The Hall–Kier alpha value is -2.90. The molecule has 0 spiro atoms. The highest BCUT2D eigenvalue weighted by atomic mass is 35.5. The van der Waals surface area contributed by atoms with Crippen LogP contribution in [0.1, 0.15) is 24.8 Å². The van der Waals surface area contributed by atoms with Gasteiger partial charge in [-0.15, -0.1) is 0 Å². The predicted molar refractivity (Wildman–Crippen MR) is 130 cm³/mol. The molecule has 0 saturated carbocycles. The second-order valence-electron chi connectivity index (χ2n) is 7.45. The third-order valence-electron chi connectivity index (χ3n) is 5.38. The number of piperidine rings is 1. The number of nitrogens with zero attached hydrogens (tertiary/aromatic N) is 1. The number of ether oxygens (including phenoxy) is 3. The van der Waals surface area contributed by atoms with Crippen LogP contribution in [-0.4, -0.2) is 50.6 Å². The molecule has 1 N–H and O–H groups in total. The van der Waals surface area contributed by atoms with Crippen molar-refractivity contribution in [3.05, 3.63) is 52.0 Å². The molecule has 2 aromatic carbocycles. The van der Waals surface area contributed by atoms with E-state index >= 15 is 0 Å². The summed E-state index contributed by atoms with van der Waals surface area (Å²) in [7, 11) is 4.58. The predicted octanol–water partition coefficient (Wildman–Crippen LogP) is 5.05. The van der Waals surface area contributed by atoms with Crippen molar-refractivity contribution in [1.29, 1.82) is 0 Å². The van der Waals surface area contributed by atoms with Crippen molar-refractivity contribution in [2.75, 3.05) is 33.2 Å². The molecule has 7 nitrogen and oxygen atoms in total. The fourth-order valence-corrected chi connectivity index (χ4v) is 4.03. The van der Waals surface area contributed by atoms with Crippen LogP contribution in [0, 0.1) is 0 Å². The Morgan fingerprint density at radius 2 is 1.70 bits per heavy atom. The topological polar surface area (TPSA) is 77.1 Å². The van der Waals surface area contributed by atoms with Crippen LogP contribution < -0.4 is 19.5 Å². The Morgan fingerprint density at radius 3 is 2.30 bits per heavy atom. The highest BCUT2D eigenvalue weighted by molar-refractivity contribution is 6.42. The van der Waals surface area contributed by atoms with Crippen LogP contribution in [0.25, 0.3) is 6.08 Å². The van der Waals surface area contributed by atoms with Crippen molar-refractivity contribution in [1.82, 2.24) is 4.90 Å². The van der Waals surface area contributed by atoms with E-state index in [0.29, 0.717) is 51.5 Å². The molecule has 1 aliphatic heterocycles. The first-order chi connectivity index (χ1) is 15.9. The van der Waals surface area contributed by atoms with Crippen molar-refractivity contribution >= 4 is 46.8 Å². The van der Waals surface area contributed by atoms with Crippen LogP contribution in [0.5, 0.6) is 17.2 Å². The highest BCUT2D eigenvalue weighted by Crippen LogP contribution is 2.38. The Kier molecular flexibility index (Phi) is 8.47. The molecule has 1 fully saturated rings. The molecule has 0 aliphatic carbocycles. The second-order valence-corrected chi connectivity index (χ2v) is 8.27. The maximum absolute atomic E-state index is 13.0. The fraction of sp³-hybridized carbons (Fsp3) is 0.333. The van der Waals surface area contributed by atoms with E-state index in [9.17, 15) is 9.59 Å². The van der Waals surface area contributed by atoms with E-state index in [1.807, 2.05) is 0 Å². The van der Waals surface area contributed by atoms with Gasteiger partial charge in [0.05, 0.1) is 31.4 Å². The van der Waals surface area contributed by atoms with Crippen molar-refractivity contribution in [3.8, 4) is 17.2 Å². The summed E-state index contributed by atoms with van der Waals surface area (Å²) < 4.78 is 16.0. The SMILES string of the molecule is COc1cc(/C=C/C(=O)N2CCCCC2C(=O)Nc2ccc(Cl)c(Cl)c2)cc(OC)c1OC. The fourth-order valence-electron chi connectivity index (χ4n) is 3.73. The van der Waals surface area contributed by atoms with E-state index in [1.165, 1.54) is 27.4 Å². The average molecular weight is 493 g/mol. The lowest BCUT2D eigenvalue weighted by molar-refractivity contribution is -0.136. The van der Waals surface area contributed by atoms with Gasteiger partial charge >= 0.3 is 0 Å². The van der Waals surface area contributed by atoms with Crippen LogP contribution >= 0.6 is 23.2 Å². The summed E-state index contributed by atoms with van der Waals surface area (Å²) in [6.07, 6.45) is 5.39. The summed E-state index contributed by atoms with van der Waals surface area (Å²) in [6.45, 7) is 0.498. The van der Waals surface area contributed by atoms with E-state index < -0.39 is 6.04 Å². The van der Waals surface area contributed by atoms with Gasteiger partial charge in [0.25, 0.3) is 0 Å². The molecule has 0 aromatic heterocycles. The molecule has 1 unspecified atom stereocenters. The summed E-state index contributed by atoms with van der Waals surface area (Å²) in [6, 6.07) is 7.78. The summed E-state index contributed by atoms with van der Waals surface area (Å²) in [5.74, 6) is 0.931. The maximum Gasteiger partial charge on any atom is 0.247 e. The second kappa shape index (κ2) is 11.3. The monoisotopic (exact) mass is 492 g/mol. The van der Waals surface area contributed by atoms with Crippen LogP contribution in [-0.2, 0) is 9.59 Å². The number of halogens is 2. The van der Waals surface area contributed by atoms with Crippen molar-refractivity contribution in [2.24, 2.45) is 0 Å². The minimum absolute atomic E-state index is 0.252. The minimum Gasteiger partial charge on any atom is -0.493 e. The number of nitrogens with one attached hydrogen (secondary N) is 1. The van der Waals surface area contributed by atoms with Crippen LogP contribution in [0.15, 0.2) is 36.4 Å². The molecule has 0 radical (unpaired) electrons. The van der Waals surface area contributed by atoms with Crippen LogP contribution in [0.2, 0.25) is 10.0 Å². The number of rotatable bonds is 7. The smallest absolute Gasteiger partial charge is 0.247 e.